The highest BCUT2D eigenvalue weighted by Gasteiger charge is 2.35. The quantitative estimate of drug-likeness (QED) is 0.664. The number of hydrogen-bond acceptors (Lipinski definition) is 5. The van der Waals surface area contributed by atoms with Gasteiger partial charge in [0, 0.05) is 32.9 Å². The van der Waals surface area contributed by atoms with Crippen LogP contribution in [0.4, 0.5) is 29.3 Å². The summed E-state index contributed by atoms with van der Waals surface area (Å²) in [5.41, 5.74) is -2.03. The Labute approximate surface area is 178 Å². The Morgan fingerprint density at radius 2 is 1.87 bits per heavy atom. The van der Waals surface area contributed by atoms with Crippen molar-refractivity contribution in [3.63, 3.8) is 0 Å². The van der Waals surface area contributed by atoms with Crippen LogP contribution in [-0.2, 0) is 6.18 Å². The second kappa shape index (κ2) is 9.49. The van der Waals surface area contributed by atoms with E-state index >= 15 is 0 Å². The van der Waals surface area contributed by atoms with Gasteiger partial charge >= 0.3 is 6.18 Å². The molecule has 10 heteroatoms. The zero-order chi connectivity index (χ0) is 22.6. The number of aromatic nitrogens is 2. The number of nitrogens with zero attached hydrogens (tertiary/aromatic N) is 3. The first kappa shape index (κ1) is 22.8. The van der Waals surface area contributed by atoms with Crippen molar-refractivity contribution in [1.29, 1.82) is 0 Å². The second-order valence-electron chi connectivity index (χ2n) is 7.87. The van der Waals surface area contributed by atoms with E-state index in [4.69, 9.17) is 0 Å². The van der Waals surface area contributed by atoms with Gasteiger partial charge in [-0.15, -0.1) is 0 Å². The molecule has 0 atom stereocenters. The predicted octanol–water partition coefficient (Wildman–Crippen LogP) is 4.10. The Morgan fingerprint density at radius 3 is 2.52 bits per heavy atom. The van der Waals surface area contributed by atoms with Crippen LogP contribution in [0.15, 0.2) is 30.5 Å². The fraction of sp³-hybridized carbons (Fsp3) is 0.476. The molecule has 168 valence electrons. The standard InChI is InChI=1S/C21H25F4N5O/c1-30(2)17-10-11-26-20(29-17)28-14-8-6-13(7-9-14)12-27-19(31)15-4-3-5-16(18(15)22)21(23,24)25/h3-5,10-11,13-14H,6-9,12H2,1-2H3,(H,27,31)(H,26,28,29)/t13-,14+. The van der Waals surface area contributed by atoms with Gasteiger partial charge in [0.1, 0.15) is 11.6 Å². The van der Waals surface area contributed by atoms with Crippen LogP contribution in [0, 0.1) is 11.7 Å². The number of carbonyl (C=O) groups excluding carboxylic acids is 1. The average molecular weight is 439 g/mol. The molecule has 31 heavy (non-hydrogen) atoms. The van der Waals surface area contributed by atoms with Gasteiger partial charge in [-0.25, -0.2) is 9.37 Å². The van der Waals surface area contributed by atoms with Crippen LogP contribution in [-0.4, -0.2) is 42.6 Å². The van der Waals surface area contributed by atoms with Crippen LogP contribution in [0.2, 0.25) is 0 Å². The molecule has 2 N–H and O–H groups in total. The molecule has 1 aromatic carbocycles. The van der Waals surface area contributed by atoms with Crippen molar-refractivity contribution >= 4 is 17.7 Å². The Morgan fingerprint density at radius 1 is 1.16 bits per heavy atom. The van der Waals surface area contributed by atoms with Gasteiger partial charge in [0.05, 0.1) is 11.1 Å². The smallest absolute Gasteiger partial charge is 0.363 e. The second-order valence-corrected chi connectivity index (χ2v) is 7.87. The van der Waals surface area contributed by atoms with Crippen LogP contribution in [0.1, 0.15) is 41.6 Å². The van der Waals surface area contributed by atoms with Crippen molar-refractivity contribution < 1.29 is 22.4 Å². The van der Waals surface area contributed by atoms with E-state index < -0.39 is 29.0 Å². The molecular formula is C21H25F4N5O. The number of benzene rings is 1. The van der Waals surface area contributed by atoms with Crippen molar-refractivity contribution in [2.75, 3.05) is 30.9 Å². The summed E-state index contributed by atoms with van der Waals surface area (Å²) in [6.45, 7) is 0.286. The van der Waals surface area contributed by atoms with E-state index in [0.29, 0.717) is 12.0 Å². The van der Waals surface area contributed by atoms with Gasteiger partial charge in [-0.2, -0.15) is 18.2 Å². The van der Waals surface area contributed by atoms with Crippen LogP contribution >= 0.6 is 0 Å². The molecule has 1 aliphatic carbocycles. The van der Waals surface area contributed by atoms with Gasteiger partial charge in [0.15, 0.2) is 0 Å². The number of halogens is 4. The molecule has 0 radical (unpaired) electrons. The first-order chi connectivity index (χ1) is 14.6. The molecule has 0 aliphatic heterocycles. The minimum absolute atomic E-state index is 0.171. The molecule has 0 bridgehead atoms. The molecule has 6 nitrogen and oxygen atoms in total. The molecule has 2 aromatic rings. The Hall–Kier alpha value is -2.91. The van der Waals surface area contributed by atoms with Crippen molar-refractivity contribution in [3.05, 3.63) is 47.4 Å². The molecular weight excluding hydrogens is 414 g/mol. The fourth-order valence-electron chi connectivity index (χ4n) is 3.62. The van der Waals surface area contributed by atoms with Gasteiger partial charge in [0.25, 0.3) is 5.91 Å². The van der Waals surface area contributed by atoms with Crippen molar-refractivity contribution in [1.82, 2.24) is 15.3 Å². The maximum atomic E-state index is 14.1. The minimum Gasteiger partial charge on any atom is -0.363 e. The summed E-state index contributed by atoms with van der Waals surface area (Å²) in [5, 5.41) is 5.90. The molecule has 1 fully saturated rings. The molecule has 0 unspecified atom stereocenters. The lowest BCUT2D eigenvalue weighted by atomic mass is 9.86. The SMILES string of the molecule is CN(C)c1ccnc(N[C@H]2CC[C@@H](CNC(=O)c3cccc(C(F)(F)F)c3F)CC2)n1. The molecule has 1 amide bonds. The summed E-state index contributed by atoms with van der Waals surface area (Å²) in [6.07, 6.45) is 0.162. The first-order valence-electron chi connectivity index (χ1n) is 10.1. The third-order valence-electron chi connectivity index (χ3n) is 5.38. The van der Waals surface area contributed by atoms with Gasteiger partial charge in [-0.3, -0.25) is 4.79 Å². The van der Waals surface area contributed by atoms with Crippen LogP contribution in [0.3, 0.4) is 0 Å². The third-order valence-corrected chi connectivity index (χ3v) is 5.38. The number of nitrogens with one attached hydrogen (secondary N) is 2. The molecule has 1 saturated carbocycles. The largest absolute Gasteiger partial charge is 0.419 e. The van der Waals surface area contributed by atoms with Gasteiger partial charge in [-0.05, 0) is 49.8 Å². The van der Waals surface area contributed by atoms with E-state index in [9.17, 15) is 22.4 Å². The number of hydrogen-bond donors (Lipinski definition) is 2. The molecule has 1 aliphatic rings. The Kier molecular flexibility index (Phi) is 6.97. The predicted molar refractivity (Wildman–Crippen MR) is 109 cm³/mol. The number of carbonyl (C=O) groups is 1. The average Bonchev–Trinajstić information content (AvgIpc) is 2.72. The molecule has 3 rings (SSSR count). The summed E-state index contributed by atoms with van der Waals surface area (Å²) in [6, 6.07) is 4.73. The van der Waals surface area contributed by atoms with Gasteiger partial charge in [0.2, 0.25) is 5.95 Å². The number of anilines is 2. The van der Waals surface area contributed by atoms with Crippen molar-refractivity contribution in [2.45, 2.75) is 37.9 Å². The highest BCUT2D eigenvalue weighted by Crippen LogP contribution is 2.32. The summed E-state index contributed by atoms with van der Waals surface area (Å²) in [4.78, 5) is 22.8. The van der Waals surface area contributed by atoms with E-state index in [1.54, 1.807) is 6.20 Å². The summed E-state index contributed by atoms with van der Waals surface area (Å²) >= 11 is 0. The monoisotopic (exact) mass is 439 g/mol. The number of amides is 1. The number of rotatable bonds is 6. The van der Waals surface area contributed by atoms with Crippen LogP contribution < -0.4 is 15.5 Å². The topological polar surface area (TPSA) is 70.2 Å². The minimum atomic E-state index is -4.85. The highest BCUT2D eigenvalue weighted by atomic mass is 19.4. The van der Waals surface area contributed by atoms with Gasteiger partial charge in [-0.1, -0.05) is 6.07 Å². The summed E-state index contributed by atoms with van der Waals surface area (Å²) in [7, 11) is 3.80. The van der Waals surface area contributed by atoms with Crippen LogP contribution in [0.5, 0.6) is 0 Å². The maximum absolute atomic E-state index is 14.1. The lowest BCUT2D eigenvalue weighted by Gasteiger charge is -2.29. The molecule has 1 aromatic heterocycles. The van der Waals surface area contributed by atoms with E-state index in [1.807, 2.05) is 25.1 Å². The fourth-order valence-corrected chi connectivity index (χ4v) is 3.62. The Bertz CT molecular complexity index is 911. The highest BCUT2D eigenvalue weighted by molar-refractivity contribution is 5.94. The van der Waals surface area contributed by atoms with E-state index in [-0.39, 0.29) is 18.5 Å². The maximum Gasteiger partial charge on any atom is 0.419 e. The van der Waals surface area contributed by atoms with E-state index in [0.717, 1.165) is 43.6 Å². The normalized spacial score (nSPS) is 19.0. The van der Waals surface area contributed by atoms with Crippen molar-refractivity contribution in [2.24, 2.45) is 5.92 Å². The van der Waals surface area contributed by atoms with E-state index in [1.165, 1.54) is 0 Å². The zero-order valence-electron chi connectivity index (χ0n) is 17.3. The summed E-state index contributed by atoms with van der Waals surface area (Å²) < 4.78 is 52.6. The summed E-state index contributed by atoms with van der Waals surface area (Å²) in [5.74, 6) is -0.846. The lowest BCUT2D eigenvalue weighted by molar-refractivity contribution is -0.140. The number of alkyl halides is 3. The van der Waals surface area contributed by atoms with E-state index in [2.05, 4.69) is 20.6 Å². The van der Waals surface area contributed by atoms with Gasteiger partial charge < -0.3 is 15.5 Å². The zero-order valence-corrected chi connectivity index (χ0v) is 17.3. The third kappa shape index (κ3) is 5.83. The van der Waals surface area contributed by atoms with Crippen LogP contribution in [0.25, 0.3) is 0 Å². The molecule has 0 saturated heterocycles. The van der Waals surface area contributed by atoms with Crippen molar-refractivity contribution in [3.8, 4) is 0 Å². The first-order valence-corrected chi connectivity index (χ1v) is 10.1. The molecule has 0 spiro atoms. The molecule has 1 heterocycles. The Balaban J connectivity index is 1.50. The lowest BCUT2D eigenvalue weighted by Crippen LogP contribution is -2.34.